The Morgan fingerprint density at radius 3 is 2.64 bits per heavy atom. The van der Waals surface area contributed by atoms with Crippen molar-refractivity contribution in [3.8, 4) is 5.75 Å². The van der Waals surface area contributed by atoms with Gasteiger partial charge in [0.1, 0.15) is 18.2 Å². The molecule has 2 heterocycles. The Kier molecular flexibility index (Phi) is 5.03. The zero-order valence-corrected chi connectivity index (χ0v) is 15.6. The number of carbonyl (C=O) groups excluding carboxylic acids is 2. The Balaban J connectivity index is 1.37. The van der Waals surface area contributed by atoms with Crippen molar-refractivity contribution in [3.63, 3.8) is 0 Å². The summed E-state index contributed by atoms with van der Waals surface area (Å²) in [4.78, 5) is 26.3. The smallest absolute Gasteiger partial charge is 0.253 e. The number of nitrogens with one attached hydrogen (secondary N) is 1. The highest BCUT2D eigenvalue weighted by molar-refractivity contribution is 5.94. The van der Waals surface area contributed by atoms with E-state index in [1.54, 1.807) is 36.4 Å². The number of carbonyl (C=O) groups is 2. The number of benzene rings is 2. The van der Waals surface area contributed by atoms with Crippen LogP contribution in [0.4, 0.5) is 4.39 Å². The number of halogens is 1. The van der Waals surface area contributed by atoms with E-state index in [0.29, 0.717) is 30.8 Å². The lowest BCUT2D eigenvalue weighted by Crippen LogP contribution is -2.44. The number of hydrogen-bond donors (Lipinski definition) is 1. The maximum absolute atomic E-state index is 13.3. The Morgan fingerprint density at radius 2 is 1.93 bits per heavy atom. The molecule has 6 heteroatoms. The summed E-state index contributed by atoms with van der Waals surface area (Å²) >= 11 is 0. The molecule has 0 bridgehead atoms. The van der Waals surface area contributed by atoms with Crippen LogP contribution in [-0.4, -0.2) is 36.3 Å². The van der Waals surface area contributed by atoms with Gasteiger partial charge in [0.15, 0.2) is 0 Å². The van der Waals surface area contributed by atoms with Gasteiger partial charge in [0.2, 0.25) is 5.91 Å². The van der Waals surface area contributed by atoms with Gasteiger partial charge in [0.05, 0.1) is 0 Å². The number of piperidine rings is 1. The molecule has 28 heavy (non-hydrogen) atoms. The van der Waals surface area contributed by atoms with Crippen molar-refractivity contribution in [3.05, 3.63) is 65.5 Å². The van der Waals surface area contributed by atoms with E-state index in [1.165, 1.54) is 12.1 Å². The second-order valence-corrected chi connectivity index (χ2v) is 7.69. The highest BCUT2D eigenvalue weighted by Crippen LogP contribution is 2.37. The molecule has 146 valence electrons. The molecule has 0 saturated carbocycles. The van der Waals surface area contributed by atoms with Crippen molar-refractivity contribution in [2.45, 2.75) is 25.9 Å². The monoisotopic (exact) mass is 382 g/mol. The quantitative estimate of drug-likeness (QED) is 0.884. The van der Waals surface area contributed by atoms with Gasteiger partial charge in [0, 0.05) is 31.6 Å². The molecular formula is C22H23FN2O3. The molecule has 2 fully saturated rings. The third kappa shape index (κ3) is 4.01. The fraction of sp³-hybridized carbons (Fsp3) is 0.364. The molecule has 2 aliphatic heterocycles. The van der Waals surface area contributed by atoms with E-state index in [2.05, 4.69) is 5.32 Å². The lowest BCUT2D eigenvalue weighted by atomic mass is 9.77. The van der Waals surface area contributed by atoms with Gasteiger partial charge >= 0.3 is 0 Å². The SMILES string of the molecule is O=C1CC2(CCN(C(=O)c3cccc(OCc4cccc(F)c4)c3)CC2)CN1. The third-order valence-electron chi connectivity index (χ3n) is 5.68. The molecule has 1 N–H and O–H groups in total. The summed E-state index contributed by atoms with van der Waals surface area (Å²) in [5.41, 5.74) is 1.33. The van der Waals surface area contributed by atoms with Crippen LogP contribution in [0.2, 0.25) is 0 Å². The number of likely N-dealkylation sites (tertiary alicyclic amines) is 1. The molecule has 5 nitrogen and oxygen atoms in total. The predicted molar refractivity (Wildman–Crippen MR) is 102 cm³/mol. The highest BCUT2D eigenvalue weighted by atomic mass is 19.1. The molecule has 1 spiro atoms. The zero-order chi connectivity index (χ0) is 19.6. The molecule has 0 atom stereocenters. The number of nitrogens with zero attached hydrogens (tertiary/aromatic N) is 1. The summed E-state index contributed by atoms with van der Waals surface area (Å²) in [5, 5.41) is 2.91. The van der Waals surface area contributed by atoms with Gasteiger partial charge in [-0.2, -0.15) is 0 Å². The van der Waals surface area contributed by atoms with Gasteiger partial charge in [-0.1, -0.05) is 18.2 Å². The Labute approximate surface area is 163 Å². The first kappa shape index (κ1) is 18.5. The average molecular weight is 382 g/mol. The van der Waals surface area contributed by atoms with E-state index in [0.717, 1.165) is 24.9 Å². The van der Waals surface area contributed by atoms with Crippen molar-refractivity contribution >= 4 is 11.8 Å². The van der Waals surface area contributed by atoms with E-state index in [-0.39, 0.29) is 29.7 Å². The first-order chi connectivity index (χ1) is 13.5. The Morgan fingerprint density at radius 1 is 1.14 bits per heavy atom. The van der Waals surface area contributed by atoms with Crippen molar-refractivity contribution in [2.75, 3.05) is 19.6 Å². The van der Waals surface area contributed by atoms with Crippen LogP contribution < -0.4 is 10.1 Å². The summed E-state index contributed by atoms with van der Waals surface area (Å²) < 4.78 is 19.0. The first-order valence-corrected chi connectivity index (χ1v) is 9.56. The van der Waals surface area contributed by atoms with E-state index >= 15 is 0 Å². The van der Waals surface area contributed by atoms with Crippen LogP contribution in [0, 0.1) is 11.2 Å². The lowest BCUT2D eigenvalue weighted by Gasteiger charge is -2.38. The molecular weight excluding hydrogens is 359 g/mol. The van der Waals surface area contributed by atoms with E-state index < -0.39 is 0 Å². The number of amides is 2. The average Bonchev–Trinajstić information content (AvgIpc) is 3.07. The van der Waals surface area contributed by atoms with Crippen LogP contribution in [0.3, 0.4) is 0 Å². The second kappa shape index (κ2) is 7.62. The zero-order valence-electron chi connectivity index (χ0n) is 15.6. The normalized spacial score (nSPS) is 18.2. The fourth-order valence-corrected chi connectivity index (χ4v) is 3.98. The summed E-state index contributed by atoms with van der Waals surface area (Å²) in [5.74, 6) is 0.368. The summed E-state index contributed by atoms with van der Waals surface area (Å²) in [6.07, 6.45) is 2.25. The molecule has 0 aliphatic carbocycles. The third-order valence-corrected chi connectivity index (χ3v) is 5.68. The molecule has 2 aliphatic rings. The molecule has 0 unspecified atom stereocenters. The largest absolute Gasteiger partial charge is 0.489 e. The summed E-state index contributed by atoms with van der Waals surface area (Å²) in [6, 6.07) is 13.4. The van der Waals surface area contributed by atoms with Gasteiger partial charge in [-0.3, -0.25) is 9.59 Å². The Hall–Kier alpha value is -2.89. The van der Waals surface area contributed by atoms with Gasteiger partial charge < -0.3 is 15.0 Å². The number of hydrogen-bond acceptors (Lipinski definition) is 3. The van der Waals surface area contributed by atoms with Crippen molar-refractivity contribution < 1.29 is 18.7 Å². The van der Waals surface area contributed by atoms with Gasteiger partial charge in [-0.15, -0.1) is 0 Å². The molecule has 2 amide bonds. The van der Waals surface area contributed by atoms with Gasteiger partial charge in [-0.25, -0.2) is 4.39 Å². The highest BCUT2D eigenvalue weighted by Gasteiger charge is 2.41. The standard InChI is InChI=1S/C22H23FN2O3/c23-18-5-1-3-16(11-18)14-28-19-6-2-4-17(12-19)21(27)25-9-7-22(8-10-25)13-20(26)24-15-22/h1-6,11-12H,7-10,13-15H2,(H,24,26). The van der Waals surface area contributed by atoms with Crippen LogP contribution in [0.5, 0.6) is 5.75 Å². The van der Waals surface area contributed by atoms with E-state index in [4.69, 9.17) is 4.74 Å². The first-order valence-electron chi connectivity index (χ1n) is 9.56. The molecule has 2 aromatic rings. The summed E-state index contributed by atoms with van der Waals surface area (Å²) in [7, 11) is 0. The summed E-state index contributed by atoms with van der Waals surface area (Å²) in [6.45, 7) is 2.27. The topological polar surface area (TPSA) is 58.6 Å². The number of ether oxygens (including phenoxy) is 1. The van der Waals surface area contributed by atoms with Gasteiger partial charge in [-0.05, 0) is 54.2 Å². The minimum Gasteiger partial charge on any atom is -0.489 e. The number of rotatable bonds is 4. The Bertz CT molecular complexity index is 891. The van der Waals surface area contributed by atoms with Gasteiger partial charge in [0.25, 0.3) is 5.91 Å². The van der Waals surface area contributed by atoms with Crippen molar-refractivity contribution in [1.29, 1.82) is 0 Å². The maximum Gasteiger partial charge on any atom is 0.253 e. The van der Waals surface area contributed by atoms with Crippen LogP contribution in [0.25, 0.3) is 0 Å². The van der Waals surface area contributed by atoms with E-state index in [9.17, 15) is 14.0 Å². The second-order valence-electron chi connectivity index (χ2n) is 7.69. The van der Waals surface area contributed by atoms with Crippen molar-refractivity contribution in [1.82, 2.24) is 10.2 Å². The van der Waals surface area contributed by atoms with Crippen LogP contribution >= 0.6 is 0 Å². The van der Waals surface area contributed by atoms with Crippen molar-refractivity contribution in [2.24, 2.45) is 5.41 Å². The fourth-order valence-electron chi connectivity index (χ4n) is 3.98. The van der Waals surface area contributed by atoms with Crippen LogP contribution in [0.15, 0.2) is 48.5 Å². The maximum atomic E-state index is 13.3. The van der Waals surface area contributed by atoms with Crippen LogP contribution in [0.1, 0.15) is 35.2 Å². The van der Waals surface area contributed by atoms with Crippen LogP contribution in [-0.2, 0) is 11.4 Å². The lowest BCUT2D eigenvalue weighted by molar-refractivity contribution is -0.119. The molecule has 2 aromatic carbocycles. The minimum absolute atomic E-state index is 0.0176. The molecule has 0 radical (unpaired) electrons. The predicted octanol–water partition coefficient (Wildman–Crippen LogP) is 3.15. The molecule has 4 rings (SSSR count). The minimum atomic E-state index is -0.299. The van der Waals surface area contributed by atoms with E-state index in [1.807, 2.05) is 4.90 Å². The molecule has 2 saturated heterocycles. The molecule has 0 aromatic heterocycles.